The topological polar surface area (TPSA) is 56.0 Å². The first kappa shape index (κ1) is 10.7. The Hall–Kier alpha value is -1.37. The van der Waals surface area contributed by atoms with Crippen molar-refractivity contribution in [3.63, 3.8) is 0 Å². The molecular weight excluding hydrogens is 176 g/mol. The van der Waals surface area contributed by atoms with Crippen LogP contribution in [0.15, 0.2) is 18.2 Å². The lowest BCUT2D eigenvalue weighted by molar-refractivity contribution is 0.251. The zero-order chi connectivity index (χ0) is 10.6. The standard InChI is InChI=1S/C11H14N2O/c1-8-3-9(6-12)5-10(4-8)11(7-14)13-2/h3-5,11,13-14H,7H2,1-2H3/t11-/m1/s1. The molecule has 0 saturated heterocycles. The minimum absolute atomic E-state index is 0.0326. The number of nitrogens with one attached hydrogen (secondary N) is 1. The fourth-order valence-electron chi connectivity index (χ4n) is 1.44. The molecule has 0 bridgehead atoms. The number of benzene rings is 1. The fraction of sp³-hybridized carbons (Fsp3) is 0.364. The van der Waals surface area contributed by atoms with Crippen LogP contribution in [0.25, 0.3) is 0 Å². The van der Waals surface area contributed by atoms with Crippen LogP contribution in [0.5, 0.6) is 0 Å². The van der Waals surface area contributed by atoms with E-state index < -0.39 is 0 Å². The average Bonchev–Trinajstić information content (AvgIpc) is 2.19. The summed E-state index contributed by atoms with van der Waals surface area (Å²) in [5, 5.41) is 20.9. The maximum atomic E-state index is 9.09. The molecule has 0 aliphatic rings. The largest absolute Gasteiger partial charge is 0.394 e. The summed E-state index contributed by atoms with van der Waals surface area (Å²) in [6.45, 7) is 1.97. The molecule has 0 heterocycles. The highest BCUT2D eigenvalue weighted by Gasteiger charge is 2.08. The fourth-order valence-corrected chi connectivity index (χ4v) is 1.44. The number of aliphatic hydroxyl groups is 1. The molecule has 3 heteroatoms. The van der Waals surface area contributed by atoms with Crippen LogP contribution in [-0.4, -0.2) is 18.8 Å². The minimum Gasteiger partial charge on any atom is -0.394 e. The molecule has 0 spiro atoms. The Labute approximate surface area is 84.0 Å². The highest BCUT2D eigenvalue weighted by atomic mass is 16.3. The Morgan fingerprint density at radius 1 is 1.50 bits per heavy atom. The van der Waals surface area contributed by atoms with Gasteiger partial charge in [0.25, 0.3) is 0 Å². The minimum atomic E-state index is -0.0954. The van der Waals surface area contributed by atoms with Gasteiger partial charge in [-0.1, -0.05) is 6.07 Å². The van der Waals surface area contributed by atoms with Crippen molar-refractivity contribution in [2.24, 2.45) is 0 Å². The number of aliphatic hydroxyl groups excluding tert-OH is 1. The van der Waals surface area contributed by atoms with Gasteiger partial charge in [-0.25, -0.2) is 0 Å². The van der Waals surface area contributed by atoms with E-state index in [0.717, 1.165) is 11.1 Å². The van der Waals surface area contributed by atoms with Gasteiger partial charge in [0.15, 0.2) is 0 Å². The summed E-state index contributed by atoms with van der Waals surface area (Å²) in [5.74, 6) is 0. The third-order valence-electron chi connectivity index (χ3n) is 2.16. The first-order valence-corrected chi connectivity index (χ1v) is 4.51. The molecule has 0 aliphatic carbocycles. The maximum Gasteiger partial charge on any atom is 0.0991 e. The normalized spacial score (nSPS) is 12.1. The van der Waals surface area contributed by atoms with Gasteiger partial charge in [0.05, 0.1) is 24.3 Å². The van der Waals surface area contributed by atoms with Gasteiger partial charge in [-0.2, -0.15) is 5.26 Å². The van der Waals surface area contributed by atoms with Crippen LogP contribution in [0.2, 0.25) is 0 Å². The molecular formula is C11H14N2O. The first-order valence-electron chi connectivity index (χ1n) is 4.51. The van der Waals surface area contributed by atoms with E-state index in [-0.39, 0.29) is 12.6 Å². The molecule has 0 amide bonds. The second-order valence-corrected chi connectivity index (χ2v) is 3.27. The second-order valence-electron chi connectivity index (χ2n) is 3.27. The van der Waals surface area contributed by atoms with Gasteiger partial charge >= 0.3 is 0 Å². The van der Waals surface area contributed by atoms with E-state index in [1.165, 1.54) is 0 Å². The number of hydrogen-bond acceptors (Lipinski definition) is 3. The van der Waals surface area contributed by atoms with Crippen molar-refractivity contribution in [2.75, 3.05) is 13.7 Å². The van der Waals surface area contributed by atoms with Crippen molar-refractivity contribution >= 4 is 0 Å². The van der Waals surface area contributed by atoms with Crippen molar-refractivity contribution < 1.29 is 5.11 Å². The van der Waals surface area contributed by atoms with Crippen LogP contribution in [0.4, 0.5) is 0 Å². The van der Waals surface area contributed by atoms with E-state index in [9.17, 15) is 0 Å². The number of aryl methyl sites for hydroxylation is 1. The lowest BCUT2D eigenvalue weighted by atomic mass is 10.0. The Morgan fingerprint density at radius 2 is 2.21 bits per heavy atom. The van der Waals surface area contributed by atoms with Crippen LogP contribution in [-0.2, 0) is 0 Å². The van der Waals surface area contributed by atoms with Gasteiger partial charge in [-0.05, 0) is 37.2 Å². The Balaban J connectivity index is 3.09. The van der Waals surface area contributed by atoms with Gasteiger partial charge in [0.2, 0.25) is 0 Å². The highest BCUT2D eigenvalue weighted by molar-refractivity contribution is 5.38. The molecule has 0 fully saturated rings. The van der Waals surface area contributed by atoms with Gasteiger partial charge in [-0.15, -0.1) is 0 Å². The molecule has 0 aliphatic heterocycles. The Morgan fingerprint density at radius 3 is 2.71 bits per heavy atom. The molecule has 0 radical (unpaired) electrons. The van der Waals surface area contributed by atoms with E-state index in [1.807, 2.05) is 19.1 Å². The van der Waals surface area contributed by atoms with Crippen LogP contribution in [0.3, 0.4) is 0 Å². The summed E-state index contributed by atoms with van der Waals surface area (Å²) < 4.78 is 0. The smallest absolute Gasteiger partial charge is 0.0991 e. The van der Waals surface area contributed by atoms with Gasteiger partial charge < -0.3 is 10.4 Å². The molecule has 0 aromatic heterocycles. The third kappa shape index (κ3) is 2.32. The van der Waals surface area contributed by atoms with E-state index in [1.54, 1.807) is 13.1 Å². The first-order chi connectivity index (χ1) is 6.71. The summed E-state index contributed by atoms with van der Waals surface area (Å²) in [6, 6.07) is 7.60. The van der Waals surface area contributed by atoms with Crippen LogP contribution < -0.4 is 5.32 Å². The van der Waals surface area contributed by atoms with Crippen molar-refractivity contribution in [3.05, 3.63) is 34.9 Å². The zero-order valence-electron chi connectivity index (χ0n) is 8.41. The summed E-state index contributed by atoms with van der Waals surface area (Å²) in [4.78, 5) is 0. The van der Waals surface area contributed by atoms with Crippen molar-refractivity contribution in [1.29, 1.82) is 5.26 Å². The molecule has 2 N–H and O–H groups in total. The molecule has 74 valence electrons. The van der Waals surface area contributed by atoms with E-state index in [0.29, 0.717) is 5.56 Å². The second kappa shape index (κ2) is 4.75. The number of hydrogen-bond donors (Lipinski definition) is 2. The lowest BCUT2D eigenvalue weighted by Crippen LogP contribution is -2.20. The molecule has 1 aromatic rings. The predicted molar refractivity (Wildman–Crippen MR) is 54.8 cm³/mol. The Bertz CT molecular complexity index is 351. The molecule has 1 atom stereocenters. The van der Waals surface area contributed by atoms with E-state index in [4.69, 9.17) is 10.4 Å². The number of rotatable bonds is 3. The van der Waals surface area contributed by atoms with Crippen molar-refractivity contribution in [1.82, 2.24) is 5.32 Å². The molecule has 0 saturated carbocycles. The van der Waals surface area contributed by atoms with E-state index >= 15 is 0 Å². The maximum absolute atomic E-state index is 9.09. The van der Waals surface area contributed by atoms with Gasteiger partial charge in [0, 0.05) is 0 Å². The summed E-state index contributed by atoms with van der Waals surface area (Å²) in [5.41, 5.74) is 2.62. The van der Waals surface area contributed by atoms with Crippen LogP contribution in [0.1, 0.15) is 22.7 Å². The number of likely N-dealkylation sites (N-methyl/N-ethyl adjacent to an activating group) is 1. The summed E-state index contributed by atoms with van der Waals surface area (Å²) in [6.07, 6.45) is 0. The molecule has 14 heavy (non-hydrogen) atoms. The molecule has 0 unspecified atom stereocenters. The summed E-state index contributed by atoms with van der Waals surface area (Å²) in [7, 11) is 1.79. The average molecular weight is 190 g/mol. The monoisotopic (exact) mass is 190 g/mol. The SMILES string of the molecule is CN[C@H](CO)c1cc(C)cc(C#N)c1. The third-order valence-corrected chi connectivity index (χ3v) is 2.16. The van der Waals surface area contributed by atoms with Crippen molar-refractivity contribution in [2.45, 2.75) is 13.0 Å². The van der Waals surface area contributed by atoms with Crippen molar-refractivity contribution in [3.8, 4) is 6.07 Å². The predicted octanol–water partition coefficient (Wildman–Crippen LogP) is 1.12. The van der Waals surface area contributed by atoms with Gasteiger partial charge in [0.1, 0.15) is 0 Å². The lowest BCUT2D eigenvalue weighted by Gasteiger charge is -2.14. The molecule has 1 aromatic carbocycles. The van der Waals surface area contributed by atoms with Crippen LogP contribution >= 0.6 is 0 Å². The van der Waals surface area contributed by atoms with Crippen LogP contribution in [0, 0.1) is 18.3 Å². The Kier molecular flexibility index (Phi) is 3.63. The number of nitriles is 1. The van der Waals surface area contributed by atoms with Gasteiger partial charge in [-0.3, -0.25) is 0 Å². The number of nitrogens with zero attached hydrogens (tertiary/aromatic N) is 1. The summed E-state index contributed by atoms with van der Waals surface area (Å²) >= 11 is 0. The molecule has 3 nitrogen and oxygen atoms in total. The quantitative estimate of drug-likeness (QED) is 0.751. The van der Waals surface area contributed by atoms with E-state index in [2.05, 4.69) is 11.4 Å². The zero-order valence-corrected chi connectivity index (χ0v) is 8.41. The highest BCUT2D eigenvalue weighted by Crippen LogP contribution is 2.16. The molecule has 1 rings (SSSR count).